The number of nitrogens with zero attached hydrogens (tertiary/aromatic N) is 1. The molecule has 0 amide bonds. The zero-order chi connectivity index (χ0) is 14.8. The normalized spacial score (nSPS) is 14.1. The molecule has 0 radical (unpaired) electrons. The molecule has 0 saturated carbocycles. The third-order valence-electron chi connectivity index (χ3n) is 2.04. The molecule has 0 aliphatic carbocycles. The monoisotopic (exact) mass is 298 g/mol. The van der Waals surface area contributed by atoms with Gasteiger partial charge in [-0.2, -0.15) is 17.9 Å². The Hall–Kier alpha value is -1.68. The topological polar surface area (TPSA) is 96.4 Å². The summed E-state index contributed by atoms with van der Waals surface area (Å²) in [4.78, 5) is 12.9. The molecular formula is C9H9F3N2O4S. The molecule has 1 unspecified atom stereocenters. The van der Waals surface area contributed by atoms with Crippen LogP contribution >= 0.6 is 0 Å². The number of hydrogen-bond acceptors (Lipinski definition) is 4. The molecule has 1 aromatic heterocycles. The first-order chi connectivity index (χ1) is 8.54. The molecule has 1 aromatic rings. The van der Waals surface area contributed by atoms with Gasteiger partial charge in [0.2, 0.25) is 10.0 Å². The van der Waals surface area contributed by atoms with Crippen molar-refractivity contribution < 1.29 is 31.5 Å². The minimum absolute atomic E-state index is 0.500. The van der Waals surface area contributed by atoms with E-state index in [1.165, 1.54) is 0 Å². The lowest BCUT2D eigenvalue weighted by atomic mass is 10.3. The summed E-state index contributed by atoms with van der Waals surface area (Å²) in [7, 11) is -4.23. The number of carboxylic acid groups (broad SMARTS) is 1. The second kappa shape index (κ2) is 5.13. The van der Waals surface area contributed by atoms with Crippen molar-refractivity contribution in [3.05, 3.63) is 24.0 Å². The third kappa shape index (κ3) is 3.89. The number of rotatable bonds is 4. The molecule has 0 saturated heterocycles. The highest BCUT2D eigenvalue weighted by atomic mass is 32.2. The zero-order valence-electron chi connectivity index (χ0n) is 9.47. The van der Waals surface area contributed by atoms with Gasteiger partial charge in [0.1, 0.15) is 16.6 Å². The molecule has 0 fully saturated rings. The molecule has 106 valence electrons. The number of aliphatic carboxylic acids is 1. The standard InChI is InChI=1S/C9H9F3N2O4S/c1-5(8(15)16)14-19(17,18)6-2-3-7(13-4-6)9(10,11)12/h2-5,14H,1H3,(H,15,16). The van der Waals surface area contributed by atoms with Crippen molar-refractivity contribution in [2.45, 2.75) is 24.0 Å². The van der Waals surface area contributed by atoms with Gasteiger partial charge in [-0.25, -0.2) is 8.42 Å². The fraction of sp³-hybridized carbons (Fsp3) is 0.333. The molecule has 0 aliphatic rings. The van der Waals surface area contributed by atoms with E-state index in [1.807, 2.05) is 0 Å². The lowest BCUT2D eigenvalue weighted by Gasteiger charge is -2.11. The first-order valence-electron chi connectivity index (χ1n) is 4.82. The second-order valence-corrected chi connectivity index (χ2v) is 5.27. The van der Waals surface area contributed by atoms with Crippen LogP contribution in [0.25, 0.3) is 0 Å². The van der Waals surface area contributed by atoms with Gasteiger partial charge in [-0.1, -0.05) is 0 Å². The summed E-state index contributed by atoms with van der Waals surface area (Å²) >= 11 is 0. The number of pyridine rings is 1. The average molecular weight is 298 g/mol. The summed E-state index contributed by atoms with van der Waals surface area (Å²) in [6, 6.07) is -0.209. The zero-order valence-corrected chi connectivity index (χ0v) is 10.3. The number of alkyl halides is 3. The number of carboxylic acids is 1. The smallest absolute Gasteiger partial charge is 0.433 e. The first-order valence-corrected chi connectivity index (χ1v) is 6.31. The van der Waals surface area contributed by atoms with E-state index in [4.69, 9.17) is 5.11 Å². The Labute approximate surface area is 106 Å². The summed E-state index contributed by atoms with van der Waals surface area (Å²) in [5.41, 5.74) is -1.24. The molecule has 1 heterocycles. The van der Waals surface area contributed by atoms with Crippen molar-refractivity contribution in [3.63, 3.8) is 0 Å². The van der Waals surface area contributed by atoms with Crippen LogP contribution < -0.4 is 4.72 Å². The molecule has 1 rings (SSSR count). The van der Waals surface area contributed by atoms with Gasteiger partial charge in [0.25, 0.3) is 0 Å². The number of aromatic nitrogens is 1. The van der Waals surface area contributed by atoms with Crippen LogP contribution in [0.15, 0.2) is 23.2 Å². The van der Waals surface area contributed by atoms with Gasteiger partial charge in [0.15, 0.2) is 0 Å². The molecule has 2 N–H and O–H groups in total. The quantitative estimate of drug-likeness (QED) is 0.859. The first kappa shape index (κ1) is 15.4. The van der Waals surface area contributed by atoms with Crippen LogP contribution in [0.2, 0.25) is 0 Å². The van der Waals surface area contributed by atoms with Crippen molar-refractivity contribution >= 4 is 16.0 Å². The van der Waals surface area contributed by atoms with Crippen molar-refractivity contribution in [2.24, 2.45) is 0 Å². The van der Waals surface area contributed by atoms with Crippen LogP contribution in [-0.2, 0) is 21.0 Å². The van der Waals surface area contributed by atoms with Crippen LogP contribution in [0.1, 0.15) is 12.6 Å². The Morgan fingerprint density at radius 3 is 2.37 bits per heavy atom. The Kier molecular flexibility index (Phi) is 4.15. The number of sulfonamides is 1. The molecule has 1 atom stereocenters. The van der Waals surface area contributed by atoms with E-state index in [9.17, 15) is 26.4 Å². The van der Waals surface area contributed by atoms with Crippen LogP contribution in [-0.4, -0.2) is 30.5 Å². The number of nitrogens with one attached hydrogen (secondary N) is 1. The van der Waals surface area contributed by atoms with E-state index in [0.717, 1.165) is 6.92 Å². The van der Waals surface area contributed by atoms with Gasteiger partial charge in [0, 0.05) is 6.20 Å². The Balaban J connectivity index is 3.01. The summed E-state index contributed by atoms with van der Waals surface area (Å²) in [6.07, 6.45) is -4.16. The molecule has 0 aliphatic heterocycles. The van der Waals surface area contributed by atoms with E-state index >= 15 is 0 Å². The van der Waals surface area contributed by atoms with Gasteiger partial charge >= 0.3 is 12.1 Å². The second-order valence-electron chi connectivity index (χ2n) is 3.56. The molecule has 0 aromatic carbocycles. The van der Waals surface area contributed by atoms with E-state index in [-0.39, 0.29) is 0 Å². The molecule has 0 bridgehead atoms. The predicted octanol–water partition coefficient (Wildman–Crippen LogP) is 0.852. The highest BCUT2D eigenvalue weighted by Crippen LogP contribution is 2.27. The van der Waals surface area contributed by atoms with Crippen LogP contribution in [0.4, 0.5) is 13.2 Å². The van der Waals surface area contributed by atoms with E-state index < -0.39 is 38.8 Å². The van der Waals surface area contributed by atoms with Crippen LogP contribution in [0.5, 0.6) is 0 Å². The largest absolute Gasteiger partial charge is 0.480 e. The lowest BCUT2D eigenvalue weighted by molar-refractivity contribution is -0.141. The molecule has 10 heteroatoms. The maximum Gasteiger partial charge on any atom is 0.433 e. The number of halogens is 3. The Morgan fingerprint density at radius 1 is 1.42 bits per heavy atom. The number of hydrogen-bond donors (Lipinski definition) is 2. The summed E-state index contributed by atoms with van der Waals surface area (Å²) in [6.45, 7) is 1.08. The highest BCUT2D eigenvalue weighted by molar-refractivity contribution is 7.89. The molecule has 6 nitrogen and oxygen atoms in total. The summed E-state index contributed by atoms with van der Waals surface area (Å²) in [5.74, 6) is -1.41. The summed E-state index contributed by atoms with van der Waals surface area (Å²) < 4.78 is 61.7. The Morgan fingerprint density at radius 2 is 2.00 bits per heavy atom. The SMILES string of the molecule is CC(NS(=O)(=O)c1ccc(C(F)(F)F)nc1)C(=O)O. The highest BCUT2D eigenvalue weighted by Gasteiger charge is 2.32. The van der Waals surface area contributed by atoms with Gasteiger partial charge in [0.05, 0.1) is 0 Å². The van der Waals surface area contributed by atoms with Gasteiger partial charge in [-0.15, -0.1) is 0 Å². The van der Waals surface area contributed by atoms with E-state index in [1.54, 1.807) is 4.72 Å². The Bertz CT molecular complexity index is 568. The van der Waals surface area contributed by atoms with Crippen molar-refractivity contribution in [3.8, 4) is 0 Å². The van der Waals surface area contributed by atoms with Crippen molar-refractivity contribution in [1.29, 1.82) is 0 Å². The summed E-state index contributed by atoms with van der Waals surface area (Å²) in [5, 5.41) is 8.55. The fourth-order valence-electron chi connectivity index (χ4n) is 1.06. The van der Waals surface area contributed by atoms with E-state index in [0.29, 0.717) is 18.3 Å². The van der Waals surface area contributed by atoms with Crippen LogP contribution in [0.3, 0.4) is 0 Å². The van der Waals surface area contributed by atoms with Crippen molar-refractivity contribution in [2.75, 3.05) is 0 Å². The average Bonchev–Trinajstić information content (AvgIpc) is 2.27. The predicted molar refractivity (Wildman–Crippen MR) is 56.7 cm³/mol. The fourth-order valence-corrected chi connectivity index (χ4v) is 2.20. The lowest BCUT2D eigenvalue weighted by Crippen LogP contribution is -2.38. The minimum Gasteiger partial charge on any atom is -0.480 e. The number of carbonyl (C=O) groups is 1. The maximum absolute atomic E-state index is 12.2. The third-order valence-corrected chi connectivity index (χ3v) is 3.57. The van der Waals surface area contributed by atoms with Crippen molar-refractivity contribution in [1.82, 2.24) is 9.71 Å². The van der Waals surface area contributed by atoms with Gasteiger partial charge in [-0.05, 0) is 19.1 Å². The molecule has 19 heavy (non-hydrogen) atoms. The van der Waals surface area contributed by atoms with E-state index in [2.05, 4.69) is 4.98 Å². The molecular weight excluding hydrogens is 289 g/mol. The van der Waals surface area contributed by atoms with Gasteiger partial charge in [-0.3, -0.25) is 9.78 Å². The minimum atomic E-state index is -4.68. The maximum atomic E-state index is 12.2. The van der Waals surface area contributed by atoms with Crippen LogP contribution in [0, 0.1) is 0 Å². The molecule has 0 spiro atoms. The van der Waals surface area contributed by atoms with Gasteiger partial charge < -0.3 is 5.11 Å².